The van der Waals surface area contributed by atoms with Gasteiger partial charge in [-0.1, -0.05) is 12.1 Å². The van der Waals surface area contributed by atoms with Crippen molar-refractivity contribution < 1.29 is 22.6 Å². The molecule has 3 nitrogen and oxygen atoms in total. The smallest absolute Gasteiger partial charge is 0.406 e. The largest absolute Gasteiger partial charge is 0.573 e. The van der Waals surface area contributed by atoms with Gasteiger partial charge in [-0.3, -0.25) is 0 Å². The fourth-order valence-corrected chi connectivity index (χ4v) is 2.01. The van der Waals surface area contributed by atoms with Crippen molar-refractivity contribution in [1.82, 2.24) is 5.32 Å². The topological polar surface area (TPSA) is 30.5 Å². The molecule has 1 fully saturated rings. The van der Waals surface area contributed by atoms with Gasteiger partial charge in [0.15, 0.2) is 0 Å². The van der Waals surface area contributed by atoms with Gasteiger partial charge in [-0.05, 0) is 37.1 Å². The number of hydrogen-bond acceptors (Lipinski definition) is 3. The van der Waals surface area contributed by atoms with Crippen LogP contribution in [0.1, 0.15) is 18.4 Å². The van der Waals surface area contributed by atoms with Gasteiger partial charge in [0.25, 0.3) is 0 Å². The van der Waals surface area contributed by atoms with E-state index in [-0.39, 0.29) is 5.75 Å². The van der Waals surface area contributed by atoms with Gasteiger partial charge in [0, 0.05) is 6.04 Å². The van der Waals surface area contributed by atoms with Gasteiger partial charge in [-0.25, -0.2) is 0 Å². The highest BCUT2D eigenvalue weighted by molar-refractivity contribution is 5.27. The predicted octanol–water partition coefficient (Wildman–Crippen LogP) is 2.85. The van der Waals surface area contributed by atoms with E-state index in [1.807, 2.05) is 0 Å². The summed E-state index contributed by atoms with van der Waals surface area (Å²) in [4.78, 5) is 0. The van der Waals surface area contributed by atoms with E-state index in [0.29, 0.717) is 19.3 Å². The van der Waals surface area contributed by atoms with Gasteiger partial charge in [-0.15, -0.1) is 13.2 Å². The van der Waals surface area contributed by atoms with Crippen LogP contribution < -0.4 is 10.1 Å². The van der Waals surface area contributed by atoms with Crippen LogP contribution in [0.5, 0.6) is 5.75 Å². The molecule has 1 atom stereocenters. The van der Waals surface area contributed by atoms with Gasteiger partial charge >= 0.3 is 6.36 Å². The molecule has 0 spiro atoms. The van der Waals surface area contributed by atoms with Gasteiger partial charge in [0.1, 0.15) is 5.75 Å². The van der Waals surface area contributed by atoms with Crippen molar-refractivity contribution in [2.75, 3.05) is 13.2 Å². The summed E-state index contributed by atoms with van der Waals surface area (Å²) in [6.07, 6.45) is -2.37. The lowest BCUT2D eigenvalue weighted by Gasteiger charge is -2.11. The summed E-state index contributed by atoms with van der Waals surface area (Å²) >= 11 is 0. The Hall–Kier alpha value is -1.27. The molecule has 2 rings (SSSR count). The Balaban J connectivity index is 1.75. The van der Waals surface area contributed by atoms with Crippen LogP contribution in [0.4, 0.5) is 13.2 Å². The lowest BCUT2D eigenvalue weighted by molar-refractivity contribution is -0.274. The molecule has 0 bridgehead atoms. The number of nitrogens with one attached hydrogen (secondary N) is 1. The summed E-state index contributed by atoms with van der Waals surface area (Å²) in [5.41, 5.74) is 0.826. The van der Waals surface area contributed by atoms with E-state index in [0.717, 1.165) is 24.9 Å². The third kappa shape index (κ3) is 5.08. The van der Waals surface area contributed by atoms with Crippen molar-refractivity contribution in [2.45, 2.75) is 31.9 Å². The lowest BCUT2D eigenvalue weighted by atomic mass is 10.2. The number of alkyl halides is 3. The average Bonchev–Trinajstić information content (AvgIpc) is 2.82. The summed E-state index contributed by atoms with van der Waals surface area (Å²) < 4.78 is 45.2. The fourth-order valence-electron chi connectivity index (χ4n) is 2.01. The number of halogens is 3. The molecule has 1 aliphatic heterocycles. The molecule has 0 radical (unpaired) electrons. The van der Waals surface area contributed by atoms with Crippen molar-refractivity contribution in [3.8, 4) is 5.75 Å². The van der Waals surface area contributed by atoms with E-state index in [1.165, 1.54) is 12.1 Å². The minimum Gasteiger partial charge on any atom is -0.406 e. The summed E-state index contributed by atoms with van der Waals surface area (Å²) in [6, 6.07) is 6.12. The zero-order chi connectivity index (χ0) is 13.7. The molecular formula is C13H16F3NO2. The lowest BCUT2D eigenvalue weighted by Crippen LogP contribution is -2.26. The minimum absolute atomic E-state index is 0.214. The summed E-state index contributed by atoms with van der Waals surface area (Å²) in [7, 11) is 0. The van der Waals surface area contributed by atoms with E-state index in [9.17, 15) is 13.2 Å². The first-order chi connectivity index (χ1) is 9.03. The molecule has 19 heavy (non-hydrogen) atoms. The van der Waals surface area contributed by atoms with E-state index in [2.05, 4.69) is 10.1 Å². The van der Waals surface area contributed by atoms with Crippen molar-refractivity contribution >= 4 is 0 Å². The number of ether oxygens (including phenoxy) is 2. The monoisotopic (exact) mass is 275 g/mol. The number of hydrogen-bond donors (Lipinski definition) is 1. The van der Waals surface area contributed by atoms with E-state index < -0.39 is 6.36 Å². The van der Waals surface area contributed by atoms with Crippen LogP contribution in [-0.4, -0.2) is 25.6 Å². The summed E-state index contributed by atoms with van der Waals surface area (Å²) in [6.45, 7) is 2.04. The summed E-state index contributed by atoms with van der Waals surface area (Å²) in [5, 5.41) is 3.31. The van der Waals surface area contributed by atoms with Crippen molar-refractivity contribution in [3.05, 3.63) is 29.8 Å². The Morgan fingerprint density at radius 3 is 2.53 bits per heavy atom. The molecule has 0 aromatic heterocycles. The van der Waals surface area contributed by atoms with Crippen molar-refractivity contribution in [2.24, 2.45) is 0 Å². The fraction of sp³-hybridized carbons (Fsp3) is 0.538. The Morgan fingerprint density at radius 1 is 1.21 bits per heavy atom. The third-order valence-electron chi connectivity index (χ3n) is 2.91. The second-order valence-electron chi connectivity index (χ2n) is 4.50. The van der Waals surface area contributed by atoms with E-state index in [4.69, 9.17) is 4.74 Å². The molecule has 1 saturated heterocycles. The Kier molecular flexibility index (Phi) is 4.66. The van der Waals surface area contributed by atoms with Crippen LogP contribution in [0.2, 0.25) is 0 Å². The SMILES string of the molecule is FC(F)(F)Oc1ccc(COCC2CCCN2)cc1. The first-order valence-corrected chi connectivity index (χ1v) is 6.19. The second kappa shape index (κ2) is 6.25. The number of benzene rings is 1. The average molecular weight is 275 g/mol. The first-order valence-electron chi connectivity index (χ1n) is 6.19. The van der Waals surface area contributed by atoms with Crippen LogP contribution in [0, 0.1) is 0 Å². The zero-order valence-electron chi connectivity index (χ0n) is 10.4. The molecule has 0 saturated carbocycles. The van der Waals surface area contributed by atoms with Gasteiger partial charge in [0.2, 0.25) is 0 Å². The molecule has 1 aromatic carbocycles. The van der Waals surface area contributed by atoms with Crippen LogP contribution in [0.3, 0.4) is 0 Å². The molecule has 0 amide bonds. The molecule has 106 valence electrons. The third-order valence-corrected chi connectivity index (χ3v) is 2.91. The molecule has 6 heteroatoms. The zero-order valence-corrected chi connectivity index (χ0v) is 10.4. The molecule has 1 aliphatic rings. The van der Waals surface area contributed by atoms with Gasteiger partial charge in [0.05, 0.1) is 13.2 Å². The maximum absolute atomic E-state index is 12.0. The molecule has 1 N–H and O–H groups in total. The van der Waals surface area contributed by atoms with Crippen LogP contribution in [0.25, 0.3) is 0 Å². The van der Waals surface area contributed by atoms with E-state index >= 15 is 0 Å². The molecule has 1 heterocycles. The van der Waals surface area contributed by atoms with Gasteiger partial charge in [-0.2, -0.15) is 0 Å². The molecule has 0 aliphatic carbocycles. The number of rotatable bonds is 5. The van der Waals surface area contributed by atoms with Crippen LogP contribution in [-0.2, 0) is 11.3 Å². The van der Waals surface area contributed by atoms with Crippen molar-refractivity contribution in [3.63, 3.8) is 0 Å². The summed E-state index contributed by atoms with van der Waals surface area (Å²) in [5.74, 6) is -0.214. The maximum Gasteiger partial charge on any atom is 0.573 e. The van der Waals surface area contributed by atoms with E-state index in [1.54, 1.807) is 12.1 Å². The first kappa shape index (κ1) is 14.1. The standard InChI is InChI=1S/C13H16F3NO2/c14-13(15,16)19-12-5-3-10(4-6-12)8-18-9-11-2-1-7-17-11/h3-6,11,17H,1-2,7-9H2. The molecular weight excluding hydrogens is 259 g/mol. The minimum atomic E-state index is -4.65. The Bertz CT molecular complexity index is 386. The second-order valence-corrected chi connectivity index (χ2v) is 4.50. The predicted molar refractivity (Wildman–Crippen MR) is 63.8 cm³/mol. The Morgan fingerprint density at radius 2 is 1.95 bits per heavy atom. The highest BCUT2D eigenvalue weighted by atomic mass is 19.4. The normalized spacial score (nSPS) is 19.6. The molecule has 1 unspecified atom stereocenters. The van der Waals surface area contributed by atoms with Crippen LogP contribution >= 0.6 is 0 Å². The highest BCUT2D eigenvalue weighted by Gasteiger charge is 2.30. The quantitative estimate of drug-likeness (QED) is 0.896. The highest BCUT2D eigenvalue weighted by Crippen LogP contribution is 2.22. The Labute approximate surface area is 109 Å². The maximum atomic E-state index is 12.0. The van der Waals surface area contributed by atoms with Gasteiger partial charge < -0.3 is 14.8 Å². The van der Waals surface area contributed by atoms with Crippen molar-refractivity contribution in [1.29, 1.82) is 0 Å². The van der Waals surface area contributed by atoms with Crippen LogP contribution in [0.15, 0.2) is 24.3 Å². The molecule has 1 aromatic rings.